The summed E-state index contributed by atoms with van der Waals surface area (Å²) in [5.74, 6) is -0.865. The van der Waals surface area contributed by atoms with Crippen LogP contribution >= 0.6 is 0 Å². The minimum Gasteiger partial charge on any atom is -0.380 e. The van der Waals surface area contributed by atoms with Crippen molar-refractivity contribution in [1.82, 2.24) is 0 Å². The lowest BCUT2D eigenvalue weighted by molar-refractivity contribution is -0.387. The zero-order valence-corrected chi connectivity index (χ0v) is 10.3. The highest BCUT2D eigenvalue weighted by Crippen LogP contribution is 2.20. The average Bonchev–Trinajstić information content (AvgIpc) is 2.46. The summed E-state index contributed by atoms with van der Waals surface area (Å²) < 4.78 is 13.2. The zero-order valence-electron chi connectivity index (χ0n) is 10.3. The van der Waals surface area contributed by atoms with E-state index in [1.54, 1.807) is 24.3 Å². The molecule has 6 heteroatoms. The van der Waals surface area contributed by atoms with Crippen molar-refractivity contribution < 1.29 is 9.31 Å². The summed E-state index contributed by atoms with van der Waals surface area (Å²) in [6, 6.07) is 12.7. The third-order valence-electron chi connectivity index (χ3n) is 2.74. The highest BCUT2D eigenvalue weighted by molar-refractivity contribution is 5.57. The van der Waals surface area contributed by atoms with Crippen LogP contribution < -0.4 is 5.32 Å². The van der Waals surface area contributed by atoms with E-state index in [-0.39, 0.29) is 6.54 Å². The molecular weight excluding hydrogens is 261 g/mol. The molecule has 1 N–H and O–H groups in total. The molecule has 5 nitrogen and oxygen atoms in total. The lowest BCUT2D eigenvalue weighted by atomic mass is 10.1. The van der Waals surface area contributed by atoms with E-state index in [2.05, 4.69) is 5.32 Å². The Labute approximate surface area is 114 Å². The van der Waals surface area contributed by atoms with Gasteiger partial charge in [0.25, 0.3) is 0 Å². The van der Waals surface area contributed by atoms with Crippen LogP contribution in [0.4, 0.5) is 15.8 Å². The van der Waals surface area contributed by atoms with Crippen molar-refractivity contribution in [2.45, 2.75) is 6.54 Å². The minimum absolute atomic E-state index is 0.264. The highest BCUT2D eigenvalue weighted by Gasteiger charge is 2.14. The number of para-hydroxylation sites is 1. The fourth-order valence-electron chi connectivity index (χ4n) is 1.74. The van der Waals surface area contributed by atoms with Crippen LogP contribution in [-0.4, -0.2) is 4.92 Å². The van der Waals surface area contributed by atoms with Crippen LogP contribution in [0.3, 0.4) is 0 Å². The predicted molar refractivity (Wildman–Crippen MR) is 71.5 cm³/mol. The van der Waals surface area contributed by atoms with Gasteiger partial charge in [0.1, 0.15) is 6.07 Å². The monoisotopic (exact) mass is 271 g/mol. The number of nitrogens with zero attached hydrogens (tertiary/aromatic N) is 2. The van der Waals surface area contributed by atoms with Crippen molar-refractivity contribution in [3.05, 3.63) is 69.5 Å². The third-order valence-corrected chi connectivity index (χ3v) is 2.74. The normalized spacial score (nSPS) is 9.80. The summed E-state index contributed by atoms with van der Waals surface area (Å²) in [5, 5.41) is 22.6. The third kappa shape index (κ3) is 2.90. The number of halogens is 1. The van der Waals surface area contributed by atoms with Gasteiger partial charge in [-0.15, -0.1) is 0 Å². The summed E-state index contributed by atoms with van der Waals surface area (Å²) in [6.07, 6.45) is 0. The van der Waals surface area contributed by atoms with Gasteiger partial charge in [-0.05, 0) is 23.8 Å². The Morgan fingerprint density at radius 2 is 2.05 bits per heavy atom. The van der Waals surface area contributed by atoms with E-state index in [9.17, 15) is 14.5 Å². The SMILES string of the molecule is N#Cc1ccccc1NCc1ccc(F)c([N+](=O)[O-])c1. The van der Waals surface area contributed by atoms with Gasteiger partial charge >= 0.3 is 5.69 Å². The van der Waals surface area contributed by atoms with E-state index < -0.39 is 16.4 Å². The van der Waals surface area contributed by atoms with Gasteiger partial charge in [-0.3, -0.25) is 10.1 Å². The Hall–Kier alpha value is -2.94. The van der Waals surface area contributed by atoms with Gasteiger partial charge < -0.3 is 5.32 Å². The molecule has 20 heavy (non-hydrogen) atoms. The molecule has 0 aliphatic carbocycles. The predicted octanol–water partition coefficient (Wildman–Crippen LogP) is 3.22. The summed E-state index contributed by atoms with van der Waals surface area (Å²) in [6.45, 7) is 0.264. The maximum Gasteiger partial charge on any atom is 0.305 e. The first-order valence-electron chi connectivity index (χ1n) is 5.77. The largest absolute Gasteiger partial charge is 0.380 e. The molecule has 0 aliphatic rings. The number of nitro groups is 1. The Kier molecular flexibility index (Phi) is 3.91. The van der Waals surface area contributed by atoms with Crippen LogP contribution in [0.5, 0.6) is 0 Å². The Bertz CT molecular complexity index is 695. The van der Waals surface area contributed by atoms with Crippen molar-refractivity contribution in [3.63, 3.8) is 0 Å². The lowest BCUT2D eigenvalue weighted by Crippen LogP contribution is -2.02. The van der Waals surface area contributed by atoms with Crippen molar-refractivity contribution in [2.75, 3.05) is 5.32 Å². The molecule has 2 rings (SSSR count). The molecule has 0 saturated heterocycles. The van der Waals surface area contributed by atoms with Crippen LogP contribution in [0.1, 0.15) is 11.1 Å². The molecule has 0 amide bonds. The standard InChI is InChI=1S/C14H10FN3O2/c15-12-6-5-10(7-14(12)18(19)20)9-17-13-4-2-1-3-11(13)8-16/h1-7,17H,9H2. The number of nitriles is 1. The smallest absolute Gasteiger partial charge is 0.305 e. The molecular formula is C14H10FN3O2. The molecule has 0 atom stereocenters. The first-order chi connectivity index (χ1) is 9.61. The fourth-order valence-corrected chi connectivity index (χ4v) is 1.74. The van der Waals surface area contributed by atoms with Gasteiger partial charge in [0.05, 0.1) is 16.2 Å². The maximum absolute atomic E-state index is 13.2. The van der Waals surface area contributed by atoms with Crippen molar-refractivity contribution in [2.24, 2.45) is 0 Å². The number of rotatable bonds is 4. The van der Waals surface area contributed by atoms with Crippen LogP contribution in [0.15, 0.2) is 42.5 Å². The maximum atomic E-state index is 13.2. The molecule has 0 heterocycles. The van der Waals surface area contributed by atoms with Crippen molar-refractivity contribution in [1.29, 1.82) is 5.26 Å². The average molecular weight is 271 g/mol. The molecule has 0 bridgehead atoms. The Balaban J connectivity index is 2.18. The van der Waals surface area contributed by atoms with Crippen LogP contribution in [-0.2, 0) is 6.54 Å². The zero-order chi connectivity index (χ0) is 14.5. The van der Waals surface area contributed by atoms with Gasteiger partial charge in [0.2, 0.25) is 5.82 Å². The van der Waals surface area contributed by atoms with Crippen molar-refractivity contribution >= 4 is 11.4 Å². The minimum atomic E-state index is -0.865. The van der Waals surface area contributed by atoms with Crippen molar-refractivity contribution in [3.8, 4) is 6.07 Å². The number of nitrogens with one attached hydrogen (secondary N) is 1. The van der Waals surface area contributed by atoms with Gasteiger partial charge in [0, 0.05) is 12.6 Å². The molecule has 0 unspecified atom stereocenters. The highest BCUT2D eigenvalue weighted by atomic mass is 19.1. The van der Waals surface area contributed by atoms with E-state index in [0.29, 0.717) is 16.8 Å². The summed E-state index contributed by atoms with van der Waals surface area (Å²) in [7, 11) is 0. The number of anilines is 1. The summed E-state index contributed by atoms with van der Waals surface area (Å²) >= 11 is 0. The van der Waals surface area contributed by atoms with Gasteiger partial charge in [-0.2, -0.15) is 9.65 Å². The van der Waals surface area contributed by atoms with Crippen LogP contribution in [0, 0.1) is 27.3 Å². The second-order valence-electron chi connectivity index (χ2n) is 4.05. The topological polar surface area (TPSA) is 79.0 Å². The van der Waals surface area contributed by atoms with Crippen LogP contribution in [0.25, 0.3) is 0 Å². The summed E-state index contributed by atoms with van der Waals surface area (Å²) in [4.78, 5) is 9.89. The first-order valence-corrected chi connectivity index (χ1v) is 5.77. The number of hydrogen-bond donors (Lipinski definition) is 1. The van der Waals surface area contributed by atoms with Gasteiger partial charge in [0.15, 0.2) is 0 Å². The molecule has 0 fully saturated rings. The number of hydrogen-bond acceptors (Lipinski definition) is 4. The molecule has 0 saturated carbocycles. The fraction of sp³-hybridized carbons (Fsp3) is 0.0714. The van der Waals surface area contributed by atoms with E-state index in [0.717, 1.165) is 6.07 Å². The van der Waals surface area contributed by atoms with Gasteiger partial charge in [-0.1, -0.05) is 18.2 Å². The Morgan fingerprint density at radius 3 is 2.75 bits per heavy atom. The van der Waals surface area contributed by atoms with E-state index in [1.165, 1.54) is 12.1 Å². The first kappa shape index (κ1) is 13.5. The molecule has 0 radical (unpaired) electrons. The molecule has 2 aromatic rings. The molecule has 0 spiro atoms. The second-order valence-corrected chi connectivity index (χ2v) is 4.05. The lowest BCUT2D eigenvalue weighted by Gasteiger charge is -2.08. The summed E-state index contributed by atoms with van der Waals surface area (Å²) in [5.41, 5.74) is 1.11. The second kappa shape index (κ2) is 5.80. The van der Waals surface area contributed by atoms with E-state index in [1.807, 2.05) is 6.07 Å². The van der Waals surface area contributed by atoms with Gasteiger partial charge in [-0.25, -0.2) is 0 Å². The van der Waals surface area contributed by atoms with E-state index >= 15 is 0 Å². The quantitative estimate of drug-likeness (QED) is 0.684. The molecule has 100 valence electrons. The molecule has 0 aliphatic heterocycles. The van der Waals surface area contributed by atoms with Crippen LogP contribution in [0.2, 0.25) is 0 Å². The van der Waals surface area contributed by atoms with E-state index in [4.69, 9.17) is 5.26 Å². The molecule has 2 aromatic carbocycles. The number of nitro benzene ring substituents is 1. The molecule has 0 aromatic heterocycles. The Morgan fingerprint density at radius 1 is 1.30 bits per heavy atom. The number of benzene rings is 2.